The Morgan fingerprint density at radius 1 is 1.00 bits per heavy atom. The fourth-order valence-electron chi connectivity index (χ4n) is 3.12. The van der Waals surface area contributed by atoms with Crippen molar-refractivity contribution in [3.63, 3.8) is 0 Å². The summed E-state index contributed by atoms with van der Waals surface area (Å²) in [6, 6.07) is 13.7. The maximum Gasteiger partial charge on any atom is 0.106 e. The van der Waals surface area contributed by atoms with E-state index in [1.165, 1.54) is 0 Å². The first-order valence-electron chi connectivity index (χ1n) is 7.98. The van der Waals surface area contributed by atoms with Gasteiger partial charge in [-0.1, -0.05) is 74.0 Å². The minimum absolute atomic E-state index is 0.304. The molecule has 24 heavy (non-hydrogen) atoms. The third-order valence-electron chi connectivity index (χ3n) is 4.68. The second kappa shape index (κ2) is 6.31. The van der Waals surface area contributed by atoms with Gasteiger partial charge in [0.2, 0.25) is 0 Å². The average molecular weight is 359 g/mol. The van der Waals surface area contributed by atoms with Crippen LogP contribution in [0.15, 0.2) is 60.4 Å². The number of aliphatic hydroxyl groups excluding tert-OH is 1. The normalized spacial score (nSPS) is 17.2. The van der Waals surface area contributed by atoms with E-state index < -0.39 is 0 Å². The van der Waals surface area contributed by atoms with E-state index in [4.69, 9.17) is 23.2 Å². The van der Waals surface area contributed by atoms with Crippen molar-refractivity contribution in [3.8, 4) is 11.1 Å². The van der Waals surface area contributed by atoms with Crippen LogP contribution in [0, 0.1) is 5.41 Å². The lowest BCUT2D eigenvalue weighted by atomic mass is 9.74. The lowest BCUT2D eigenvalue weighted by Gasteiger charge is -2.33. The van der Waals surface area contributed by atoms with Crippen LogP contribution in [-0.4, -0.2) is 5.11 Å². The van der Waals surface area contributed by atoms with Gasteiger partial charge in [0.15, 0.2) is 0 Å². The second-order valence-corrected chi connectivity index (χ2v) is 7.71. The summed E-state index contributed by atoms with van der Waals surface area (Å²) in [6.45, 7) is 8.16. The summed E-state index contributed by atoms with van der Waals surface area (Å²) in [5, 5.41) is 11.8. The molecule has 0 aliphatic heterocycles. The highest BCUT2D eigenvalue weighted by Gasteiger charge is 2.33. The number of rotatable bonds is 2. The molecule has 0 saturated heterocycles. The second-order valence-electron chi connectivity index (χ2n) is 6.89. The summed E-state index contributed by atoms with van der Waals surface area (Å²) in [4.78, 5) is 0. The van der Waals surface area contributed by atoms with Crippen molar-refractivity contribution in [3.05, 3.63) is 76.0 Å². The van der Waals surface area contributed by atoms with Crippen molar-refractivity contribution in [2.75, 3.05) is 0 Å². The monoisotopic (exact) mass is 358 g/mol. The first-order chi connectivity index (χ1) is 11.3. The third-order valence-corrected chi connectivity index (χ3v) is 5.28. The number of allylic oxidation sites excluding steroid dienone is 3. The molecular formula is C21H20Cl2O. The quantitative estimate of drug-likeness (QED) is 0.596. The molecule has 2 aromatic rings. The summed E-state index contributed by atoms with van der Waals surface area (Å²) in [7, 11) is 0. The zero-order valence-electron chi connectivity index (χ0n) is 13.9. The van der Waals surface area contributed by atoms with E-state index in [0.717, 1.165) is 29.5 Å². The molecule has 124 valence electrons. The van der Waals surface area contributed by atoms with Gasteiger partial charge >= 0.3 is 0 Å². The molecule has 0 aromatic heterocycles. The predicted molar refractivity (Wildman–Crippen MR) is 104 cm³/mol. The number of halogens is 2. The van der Waals surface area contributed by atoms with Crippen LogP contribution in [0.25, 0.3) is 16.7 Å². The van der Waals surface area contributed by atoms with Gasteiger partial charge in [-0.25, -0.2) is 0 Å². The van der Waals surface area contributed by atoms with Crippen LogP contribution < -0.4 is 0 Å². The van der Waals surface area contributed by atoms with Gasteiger partial charge in [-0.05, 0) is 41.7 Å². The van der Waals surface area contributed by atoms with E-state index in [0.29, 0.717) is 26.9 Å². The summed E-state index contributed by atoms with van der Waals surface area (Å²) < 4.78 is 0. The Morgan fingerprint density at radius 2 is 1.58 bits per heavy atom. The molecule has 1 aliphatic rings. The Bertz CT molecular complexity index is 809. The summed E-state index contributed by atoms with van der Waals surface area (Å²) in [5.41, 5.74) is 3.95. The standard InChI is InChI=1S/C21H20Cl2O/c1-13-9-10-21(2,3)20(24)18(13)19-16(22)11-15(12-17(19)23)14-7-5-4-6-8-14/h4-8,11-12,24H,1,9-10H2,2-3H3. The van der Waals surface area contributed by atoms with Crippen molar-refractivity contribution < 1.29 is 5.11 Å². The molecule has 3 heteroatoms. The van der Waals surface area contributed by atoms with Gasteiger partial charge < -0.3 is 5.11 Å². The highest BCUT2D eigenvalue weighted by atomic mass is 35.5. The van der Waals surface area contributed by atoms with E-state index in [9.17, 15) is 5.11 Å². The molecule has 0 heterocycles. The lowest BCUT2D eigenvalue weighted by molar-refractivity contribution is 0.240. The van der Waals surface area contributed by atoms with Gasteiger partial charge in [0.25, 0.3) is 0 Å². The van der Waals surface area contributed by atoms with Gasteiger partial charge in [-0.15, -0.1) is 0 Å². The van der Waals surface area contributed by atoms with Crippen LogP contribution in [-0.2, 0) is 0 Å². The van der Waals surface area contributed by atoms with Crippen LogP contribution in [0.1, 0.15) is 32.3 Å². The van der Waals surface area contributed by atoms with Crippen molar-refractivity contribution in [1.29, 1.82) is 0 Å². The van der Waals surface area contributed by atoms with Gasteiger partial charge in [-0.3, -0.25) is 0 Å². The highest BCUT2D eigenvalue weighted by molar-refractivity contribution is 6.38. The van der Waals surface area contributed by atoms with Crippen molar-refractivity contribution in [1.82, 2.24) is 0 Å². The Morgan fingerprint density at radius 3 is 2.17 bits per heavy atom. The Labute approximate surface area is 153 Å². The average Bonchev–Trinajstić information content (AvgIpc) is 2.55. The molecule has 1 aliphatic carbocycles. The van der Waals surface area contributed by atoms with Gasteiger partial charge in [-0.2, -0.15) is 0 Å². The topological polar surface area (TPSA) is 20.2 Å². The molecule has 0 fully saturated rings. The molecule has 1 nitrogen and oxygen atoms in total. The number of aliphatic hydroxyl groups is 1. The minimum atomic E-state index is -0.304. The summed E-state index contributed by atoms with van der Waals surface area (Å²) in [6.07, 6.45) is 1.68. The smallest absolute Gasteiger partial charge is 0.106 e. The largest absolute Gasteiger partial charge is 0.511 e. The first-order valence-corrected chi connectivity index (χ1v) is 8.73. The van der Waals surface area contributed by atoms with Crippen LogP contribution in [0.3, 0.4) is 0 Å². The fraction of sp³-hybridized carbons (Fsp3) is 0.238. The summed E-state index contributed by atoms with van der Waals surface area (Å²) in [5.74, 6) is 0.315. The molecule has 0 saturated carbocycles. The van der Waals surface area contributed by atoms with Crippen molar-refractivity contribution >= 4 is 28.8 Å². The lowest BCUT2D eigenvalue weighted by Crippen LogP contribution is -2.21. The molecule has 0 amide bonds. The molecule has 2 aromatic carbocycles. The highest BCUT2D eigenvalue weighted by Crippen LogP contribution is 2.48. The zero-order valence-corrected chi connectivity index (χ0v) is 15.4. The molecular weight excluding hydrogens is 339 g/mol. The molecule has 0 unspecified atom stereocenters. The summed E-state index contributed by atoms with van der Waals surface area (Å²) >= 11 is 13.1. The van der Waals surface area contributed by atoms with E-state index in [1.807, 2.05) is 56.3 Å². The zero-order chi connectivity index (χ0) is 17.5. The molecule has 3 rings (SSSR count). The Balaban J connectivity index is 2.18. The van der Waals surface area contributed by atoms with Crippen LogP contribution in [0.4, 0.5) is 0 Å². The van der Waals surface area contributed by atoms with E-state index >= 15 is 0 Å². The van der Waals surface area contributed by atoms with Crippen molar-refractivity contribution in [2.45, 2.75) is 26.7 Å². The Hall–Kier alpha value is -1.70. The number of hydrogen-bond donors (Lipinski definition) is 1. The van der Waals surface area contributed by atoms with Crippen LogP contribution >= 0.6 is 23.2 Å². The van der Waals surface area contributed by atoms with Gasteiger partial charge in [0.05, 0.1) is 10.0 Å². The fourth-order valence-corrected chi connectivity index (χ4v) is 3.79. The maximum absolute atomic E-state index is 10.8. The predicted octanol–water partition coefficient (Wildman–Crippen LogP) is 7.31. The SMILES string of the molecule is C=C1CCC(C)(C)C(O)=C1c1c(Cl)cc(-c2ccccc2)cc1Cl. The molecule has 0 bridgehead atoms. The van der Waals surface area contributed by atoms with Crippen LogP contribution in [0.2, 0.25) is 10.0 Å². The number of benzene rings is 2. The molecule has 0 atom stereocenters. The molecule has 1 N–H and O–H groups in total. The Kier molecular flexibility index (Phi) is 4.50. The van der Waals surface area contributed by atoms with Gasteiger partial charge in [0, 0.05) is 16.6 Å². The van der Waals surface area contributed by atoms with E-state index in [1.54, 1.807) is 0 Å². The van der Waals surface area contributed by atoms with E-state index in [-0.39, 0.29) is 5.41 Å². The minimum Gasteiger partial charge on any atom is -0.511 e. The maximum atomic E-state index is 10.8. The van der Waals surface area contributed by atoms with Crippen molar-refractivity contribution in [2.24, 2.45) is 5.41 Å². The molecule has 0 radical (unpaired) electrons. The van der Waals surface area contributed by atoms with Gasteiger partial charge in [0.1, 0.15) is 5.76 Å². The van der Waals surface area contributed by atoms with Crippen LogP contribution in [0.5, 0.6) is 0 Å². The first kappa shape index (κ1) is 17.1. The van der Waals surface area contributed by atoms with E-state index in [2.05, 4.69) is 6.58 Å². The third kappa shape index (κ3) is 2.99. The number of hydrogen-bond acceptors (Lipinski definition) is 1. The molecule has 0 spiro atoms.